The van der Waals surface area contributed by atoms with Gasteiger partial charge >= 0.3 is 0 Å². The minimum absolute atomic E-state index is 0.430. The molecule has 0 aliphatic heterocycles. The summed E-state index contributed by atoms with van der Waals surface area (Å²) in [6.07, 6.45) is 0. The average molecular weight is 343 g/mol. The molecule has 0 radical (unpaired) electrons. The van der Waals surface area contributed by atoms with Gasteiger partial charge in [0.05, 0.1) is 24.3 Å². The molecule has 0 saturated carbocycles. The van der Waals surface area contributed by atoms with Crippen molar-refractivity contribution in [2.75, 3.05) is 7.11 Å². The summed E-state index contributed by atoms with van der Waals surface area (Å²) in [7, 11) is 1.52. The molecule has 0 unspecified atom stereocenters. The van der Waals surface area contributed by atoms with Gasteiger partial charge in [-0.15, -0.1) is 0 Å². The van der Waals surface area contributed by atoms with Gasteiger partial charge < -0.3 is 9.47 Å². The van der Waals surface area contributed by atoms with Crippen LogP contribution in [-0.2, 0) is 5.33 Å². The lowest BCUT2D eigenvalue weighted by Gasteiger charge is -2.10. The van der Waals surface area contributed by atoms with E-state index in [9.17, 15) is 5.26 Å². The van der Waals surface area contributed by atoms with E-state index in [0.717, 1.165) is 5.56 Å². The Morgan fingerprint density at radius 2 is 1.81 bits per heavy atom. The predicted molar refractivity (Wildman–Crippen MR) is 81.6 cm³/mol. The van der Waals surface area contributed by atoms with Crippen LogP contribution in [-0.4, -0.2) is 7.11 Å². The fourth-order valence-electron chi connectivity index (χ4n) is 1.78. The Kier molecular flexibility index (Phi) is 4.81. The summed E-state index contributed by atoms with van der Waals surface area (Å²) in [5.41, 5.74) is 1.86. The van der Waals surface area contributed by atoms with Crippen LogP contribution < -0.4 is 9.47 Å². The average Bonchev–Trinajstić information content (AvgIpc) is 2.54. The van der Waals surface area contributed by atoms with Crippen LogP contribution in [0.15, 0.2) is 36.4 Å². The molecule has 4 nitrogen and oxygen atoms in total. The molecule has 0 aromatic heterocycles. The van der Waals surface area contributed by atoms with Gasteiger partial charge in [-0.2, -0.15) is 10.5 Å². The third kappa shape index (κ3) is 3.53. The SMILES string of the molecule is COc1cc(C#N)cc(Oc2ccc(CBr)cc2C#N)c1. The number of nitrogens with zero attached hydrogens (tertiary/aromatic N) is 2. The van der Waals surface area contributed by atoms with Crippen LogP contribution in [0.3, 0.4) is 0 Å². The summed E-state index contributed by atoms with van der Waals surface area (Å²) in [6, 6.07) is 14.4. The number of hydrogen-bond acceptors (Lipinski definition) is 4. The molecule has 21 heavy (non-hydrogen) atoms. The highest BCUT2D eigenvalue weighted by molar-refractivity contribution is 9.08. The maximum absolute atomic E-state index is 9.20. The van der Waals surface area contributed by atoms with E-state index in [1.807, 2.05) is 12.1 Å². The molecule has 0 aliphatic carbocycles. The number of nitriles is 2. The number of ether oxygens (including phenoxy) is 2. The quantitative estimate of drug-likeness (QED) is 0.783. The Morgan fingerprint density at radius 1 is 1.05 bits per heavy atom. The zero-order valence-electron chi connectivity index (χ0n) is 11.3. The first kappa shape index (κ1) is 14.9. The van der Waals surface area contributed by atoms with Gasteiger partial charge in [0.2, 0.25) is 0 Å². The molecule has 2 rings (SSSR count). The Bertz CT molecular complexity index is 745. The lowest BCUT2D eigenvalue weighted by atomic mass is 10.1. The van der Waals surface area contributed by atoms with Gasteiger partial charge in [-0.3, -0.25) is 0 Å². The van der Waals surface area contributed by atoms with Crippen molar-refractivity contribution >= 4 is 15.9 Å². The van der Waals surface area contributed by atoms with Gasteiger partial charge in [-0.05, 0) is 29.8 Å². The van der Waals surface area contributed by atoms with E-state index < -0.39 is 0 Å². The Balaban J connectivity index is 2.39. The lowest BCUT2D eigenvalue weighted by Crippen LogP contribution is -1.92. The van der Waals surface area contributed by atoms with Crippen LogP contribution in [0.4, 0.5) is 0 Å². The standard InChI is InChI=1S/C16H11BrN2O2/c1-20-14-5-12(9-18)6-15(7-14)21-16-3-2-11(8-17)4-13(16)10-19/h2-7H,8H2,1H3. The molecule has 5 heteroatoms. The lowest BCUT2D eigenvalue weighted by molar-refractivity contribution is 0.408. The number of alkyl halides is 1. The van der Waals surface area contributed by atoms with E-state index in [4.69, 9.17) is 14.7 Å². The van der Waals surface area contributed by atoms with Crippen molar-refractivity contribution in [3.8, 4) is 29.4 Å². The van der Waals surface area contributed by atoms with Gasteiger partial charge in [0.15, 0.2) is 0 Å². The third-order valence-corrected chi connectivity index (χ3v) is 3.44. The van der Waals surface area contributed by atoms with Crippen LogP contribution in [0.5, 0.6) is 17.2 Å². The van der Waals surface area contributed by atoms with E-state index in [1.54, 1.807) is 30.3 Å². The molecule has 0 N–H and O–H groups in total. The van der Waals surface area contributed by atoms with Gasteiger partial charge in [0, 0.05) is 11.4 Å². The summed E-state index contributed by atoms with van der Waals surface area (Å²) >= 11 is 3.35. The van der Waals surface area contributed by atoms with Gasteiger partial charge in [0.1, 0.15) is 23.3 Å². The first-order valence-electron chi connectivity index (χ1n) is 6.06. The Labute approximate surface area is 131 Å². The van der Waals surface area contributed by atoms with Gasteiger partial charge in [0.25, 0.3) is 0 Å². The first-order valence-corrected chi connectivity index (χ1v) is 7.18. The maximum Gasteiger partial charge on any atom is 0.145 e. The predicted octanol–water partition coefficient (Wildman–Crippen LogP) is 4.13. The second kappa shape index (κ2) is 6.78. The molecule has 2 aromatic carbocycles. The molecular formula is C16H11BrN2O2. The molecule has 0 atom stereocenters. The zero-order valence-corrected chi connectivity index (χ0v) is 12.8. The third-order valence-electron chi connectivity index (χ3n) is 2.79. The Hall–Kier alpha value is -2.50. The molecule has 0 fully saturated rings. The highest BCUT2D eigenvalue weighted by Gasteiger charge is 2.08. The second-order valence-corrected chi connectivity index (χ2v) is 4.75. The topological polar surface area (TPSA) is 66.0 Å². The molecule has 0 bridgehead atoms. The van der Waals surface area contributed by atoms with E-state index in [-0.39, 0.29) is 0 Å². The number of rotatable bonds is 4. The van der Waals surface area contributed by atoms with Crippen LogP contribution in [0.1, 0.15) is 16.7 Å². The fraction of sp³-hybridized carbons (Fsp3) is 0.125. The van der Waals surface area contributed by atoms with Crippen molar-refractivity contribution in [1.82, 2.24) is 0 Å². The number of hydrogen-bond donors (Lipinski definition) is 0. The van der Waals surface area contributed by atoms with Crippen LogP contribution >= 0.6 is 15.9 Å². The zero-order chi connectivity index (χ0) is 15.2. The normalized spacial score (nSPS) is 9.52. The highest BCUT2D eigenvalue weighted by Crippen LogP contribution is 2.30. The summed E-state index contributed by atoms with van der Waals surface area (Å²) in [6.45, 7) is 0. The van der Waals surface area contributed by atoms with E-state index in [0.29, 0.717) is 33.7 Å². The molecule has 0 spiro atoms. The summed E-state index contributed by atoms with van der Waals surface area (Å²) in [5.74, 6) is 1.42. The monoisotopic (exact) mass is 342 g/mol. The molecule has 0 saturated heterocycles. The highest BCUT2D eigenvalue weighted by atomic mass is 79.9. The summed E-state index contributed by atoms with van der Waals surface area (Å²) in [4.78, 5) is 0. The minimum Gasteiger partial charge on any atom is -0.497 e. The van der Waals surface area contributed by atoms with Crippen molar-refractivity contribution < 1.29 is 9.47 Å². The molecule has 2 aromatic rings. The van der Waals surface area contributed by atoms with Crippen molar-refractivity contribution in [1.29, 1.82) is 10.5 Å². The van der Waals surface area contributed by atoms with Crippen LogP contribution in [0, 0.1) is 22.7 Å². The number of halogens is 1. The fourth-order valence-corrected chi connectivity index (χ4v) is 2.13. The second-order valence-electron chi connectivity index (χ2n) is 4.19. The Morgan fingerprint density at radius 3 is 2.43 bits per heavy atom. The van der Waals surface area contributed by atoms with Crippen LogP contribution in [0.25, 0.3) is 0 Å². The van der Waals surface area contributed by atoms with E-state index in [1.165, 1.54) is 7.11 Å². The molecule has 104 valence electrons. The van der Waals surface area contributed by atoms with Crippen LogP contribution in [0.2, 0.25) is 0 Å². The number of benzene rings is 2. The van der Waals surface area contributed by atoms with Crippen molar-refractivity contribution in [3.05, 3.63) is 53.1 Å². The summed E-state index contributed by atoms with van der Waals surface area (Å²) in [5, 5.41) is 18.9. The van der Waals surface area contributed by atoms with Crippen molar-refractivity contribution in [2.24, 2.45) is 0 Å². The minimum atomic E-state index is 0.430. The molecular weight excluding hydrogens is 332 g/mol. The molecule has 0 amide bonds. The van der Waals surface area contributed by atoms with Crippen molar-refractivity contribution in [2.45, 2.75) is 5.33 Å². The molecule has 0 aliphatic rings. The summed E-state index contributed by atoms with van der Waals surface area (Å²) < 4.78 is 10.8. The van der Waals surface area contributed by atoms with E-state index in [2.05, 4.69) is 22.0 Å². The largest absolute Gasteiger partial charge is 0.497 e. The number of methoxy groups -OCH3 is 1. The van der Waals surface area contributed by atoms with E-state index >= 15 is 0 Å². The first-order chi connectivity index (χ1) is 10.2. The van der Waals surface area contributed by atoms with Gasteiger partial charge in [-0.1, -0.05) is 22.0 Å². The maximum atomic E-state index is 9.20. The van der Waals surface area contributed by atoms with Gasteiger partial charge in [-0.25, -0.2) is 0 Å². The molecule has 0 heterocycles. The van der Waals surface area contributed by atoms with Crippen molar-refractivity contribution in [3.63, 3.8) is 0 Å². The smallest absolute Gasteiger partial charge is 0.145 e.